The fraction of sp³-hybridized carbons (Fsp3) is 0.188. The lowest BCUT2D eigenvalue weighted by Crippen LogP contribution is -2.31. The summed E-state index contributed by atoms with van der Waals surface area (Å²) in [4.78, 5) is 27.2. The number of rotatable bonds is 6. The number of hydrogen-bond acceptors (Lipinski definition) is 5. The van der Waals surface area contributed by atoms with Gasteiger partial charge in [0.25, 0.3) is 5.91 Å². The Morgan fingerprint density at radius 2 is 1.78 bits per heavy atom. The Bertz CT molecular complexity index is 795. The SMILES string of the molecule is O=C(CSc1ccc(C(F)(F)F)cn1)NC(=O)c1ccc(OC(F)F)cc1. The molecule has 0 radical (unpaired) electrons. The number of imide groups is 1. The van der Waals surface area contributed by atoms with Crippen LogP contribution in [0.25, 0.3) is 0 Å². The summed E-state index contributed by atoms with van der Waals surface area (Å²) < 4.78 is 65.5. The lowest BCUT2D eigenvalue weighted by atomic mass is 10.2. The molecule has 0 aliphatic carbocycles. The Kier molecular flexibility index (Phi) is 6.72. The fourth-order valence-electron chi connectivity index (χ4n) is 1.80. The summed E-state index contributed by atoms with van der Waals surface area (Å²) in [5, 5.41) is 2.25. The van der Waals surface area contributed by atoms with E-state index < -0.39 is 30.2 Å². The number of pyridine rings is 1. The van der Waals surface area contributed by atoms with Gasteiger partial charge in [0, 0.05) is 11.8 Å². The molecule has 2 aromatic rings. The molecular weight excluding hydrogens is 395 g/mol. The zero-order valence-corrected chi connectivity index (χ0v) is 14.1. The van der Waals surface area contributed by atoms with Crippen molar-refractivity contribution >= 4 is 23.6 Å². The number of halogens is 5. The van der Waals surface area contributed by atoms with Crippen LogP contribution in [0.2, 0.25) is 0 Å². The van der Waals surface area contributed by atoms with Crippen LogP contribution in [0, 0.1) is 0 Å². The molecule has 0 spiro atoms. The number of hydrogen-bond donors (Lipinski definition) is 1. The zero-order valence-electron chi connectivity index (χ0n) is 13.3. The second-order valence-corrected chi connectivity index (χ2v) is 5.95. The summed E-state index contributed by atoms with van der Waals surface area (Å²) in [5.41, 5.74) is -0.867. The molecule has 0 atom stereocenters. The molecule has 2 amide bonds. The molecule has 1 heterocycles. The number of benzene rings is 1. The summed E-state index contributed by atoms with van der Waals surface area (Å²) in [5.74, 6) is -1.85. The van der Waals surface area contributed by atoms with Crippen molar-refractivity contribution in [1.29, 1.82) is 0 Å². The van der Waals surface area contributed by atoms with Gasteiger partial charge in [-0.25, -0.2) is 4.98 Å². The molecule has 0 unspecified atom stereocenters. The van der Waals surface area contributed by atoms with Crippen molar-refractivity contribution < 1.29 is 36.3 Å². The van der Waals surface area contributed by atoms with E-state index >= 15 is 0 Å². The zero-order chi connectivity index (χ0) is 20.0. The van der Waals surface area contributed by atoms with Crippen LogP contribution in [0.5, 0.6) is 5.75 Å². The molecule has 1 aromatic carbocycles. The summed E-state index contributed by atoms with van der Waals surface area (Å²) in [6.45, 7) is -3.00. The van der Waals surface area contributed by atoms with Gasteiger partial charge in [-0.1, -0.05) is 11.8 Å². The highest BCUT2D eigenvalue weighted by molar-refractivity contribution is 7.99. The van der Waals surface area contributed by atoms with Crippen LogP contribution in [0.15, 0.2) is 47.6 Å². The first-order chi connectivity index (χ1) is 12.6. The van der Waals surface area contributed by atoms with Gasteiger partial charge in [-0.3, -0.25) is 14.9 Å². The van der Waals surface area contributed by atoms with Crippen molar-refractivity contribution in [1.82, 2.24) is 10.3 Å². The number of amides is 2. The number of nitrogens with one attached hydrogen (secondary N) is 1. The van der Waals surface area contributed by atoms with Gasteiger partial charge in [-0.2, -0.15) is 22.0 Å². The summed E-state index contributed by atoms with van der Waals surface area (Å²) in [6.07, 6.45) is -3.86. The second-order valence-electron chi connectivity index (χ2n) is 4.95. The minimum atomic E-state index is -4.50. The second kappa shape index (κ2) is 8.80. The highest BCUT2D eigenvalue weighted by Gasteiger charge is 2.30. The number of alkyl halides is 5. The van der Waals surface area contributed by atoms with E-state index in [1.165, 1.54) is 12.1 Å². The average molecular weight is 406 g/mol. The predicted octanol–water partition coefficient (Wildman–Crippen LogP) is 3.75. The van der Waals surface area contributed by atoms with E-state index in [9.17, 15) is 31.5 Å². The number of carbonyl (C=O) groups excluding carboxylic acids is 2. The maximum absolute atomic E-state index is 12.4. The normalized spacial score (nSPS) is 11.3. The van der Waals surface area contributed by atoms with Crippen LogP contribution in [0.3, 0.4) is 0 Å². The molecule has 2 rings (SSSR count). The van der Waals surface area contributed by atoms with Crippen LogP contribution in [0.1, 0.15) is 15.9 Å². The molecule has 144 valence electrons. The van der Waals surface area contributed by atoms with Gasteiger partial charge in [0.15, 0.2) is 0 Å². The van der Waals surface area contributed by atoms with Crippen molar-refractivity contribution in [3.8, 4) is 5.75 Å². The number of aromatic nitrogens is 1. The lowest BCUT2D eigenvalue weighted by Gasteiger charge is -2.07. The Balaban J connectivity index is 1.85. The van der Waals surface area contributed by atoms with Gasteiger partial charge in [-0.15, -0.1) is 0 Å². The van der Waals surface area contributed by atoms with Gasteiger partial charge >= 0.3 is 12.8 Å². The van der Waals surface area contributed by atoms with E-state index in [4.69, 9.17) is 0 Å². The Labute approximate surface area is 153 Å². The molecule has 0 saturated carbocycles. The van der Waals surface area contributed by atoms with Gasteiger partial charge in [-0.05, 0) is 36.4 Å². The molecule has 0 bridgehead atoms. The van der Waals surface area contributed by atoms with Crippen LogP contribution in [-0.4, -0.2) is 29.2 Å². The molecule has 0 fully saturated rings. The highest BCUT2D eigenvalue weighted by atomic mass is 32.2. The van der Waals surface area contributed by atoms with E-state index in [-0.39, 0.29) is 22.1 Å². The smallest absolute Gasteiger partial charge is 0.417 e. The minimum Gasteiger partial charge on any atom is -0.435 e. The van der Waals surface area contributed by atoms with Crippen molar-refractivity contribution in [2.75, 3.05) is 5.75 Å². The van der Waals surface area contributed by atoms with Gasteiger partial charge < -0.3 is 4.74 Å². The molecule has 0 saturated heterocycles. The summed E-state index contributed by atoms with van der Waals surface area (Å²) >= 11 is 0.848. The molecule has 11 heteroatoms. The van der Waals surface area contributed by atoms with E-state index in [1.807, 2.05) is 0 Å². The molecular formula is C16H11F5N2O3S. The van der Waals surface area contributed by atoms with Crippen LogP contribution < -0.4 is 10.1 Å². The third-order valence-electron chi connectivity index (χ3n) is 3.01. The van der Waals surface area contributed by atoms with E-state index in [2.05, 4.69) is 15.0 Å². The maximum atomic E-state index is 12.4. The van der Waals surface area contributed by atoms with Crippen LogP contribution >= 0.6 is 11.8 Å². The van der Waals surface area contributed by atoms with Crippen LogP contribution in [-0.2, 0) is 11.0 Å². The van der Waals surface area contributed by atoms with Gasteiger partial charge in [0.1, 0.15) is 5.75 Å². The number of thioether (sulfide) groups is 1. The lowest BCUT2D eigenvalue weighted by molar-refractivity contribution is -0.137. The average Bonchev–Trinajstić information content (AvgIpc) is 2.59. The standard InChI is InChI=1S/C16H11F5N2O3S/c17-15(18)26-11-4-1-9(2-5-11)14(25)23-12(24)8-27-13-6-3-10(7-22-13)16(19,20)21/h1-7,15H,8H2,(H,23,24,25). The van der Waals surface area contributed by atoms with Crippen LogP contribution in [0.4, 0.5) is 22.0 Å². The molecule has 5 nitrogen and oxygen atoms in total. The van der Waals surface area contributed by atoms with E-state index in [0.717, 1.165) is 36.0 Å². The summed E-state index contributed by atoms with van der Waals surface area (Å²) in [6, 6.07) is 6.64. The monoisotopic (exact) mass is 406 g/mol. The van der Waals surface area contributed by atoms with Gasteiger partial charge in [0.05, 0.1) is 16.3 Å². The molecule has 0 aliphatic rings. The van der Waals surface area contributed by atoms with Gasteiger partial charge in [0.2, 0.25) is 5.91 Å². The quantitative estimate of drug-likeness (QED) is 0.585. The highest BCUT2D eigenvalue weighted by Crippen LogP contribution is 2.29. The summed E-state index contributed by atoms with van der Waals surface area (Å²) in [7, 11) is 0. The number of nitrogens with zero attached hydrogens (tertiary/aromatic N) is 1. The van der Waals surface area contributed by atoms with Crippen molar-refractivity contribution in [2.24, 2.45) is 0 Å². The molecule has 1 aromatic heterocycles. The van der Waals surface area contributed by atoms with Crippen molar-refractivity contribution in [3.05, 3.63) is 53.7 Å². The third kappa shape index (κ3) is 6.51. The number of carbonyl (C=O) groups is 2. The first kappa shape index (κ1) is 20.6. The topological polar surface area (TPSA) is 68.3 Å². The number of ether oxygens (including phenoxy) is 1. The Morgan fingerprint density at radius 3 is 2.30 bits per heavy atom. The van der Waals surface area contributed by atoms with E-state index in [1.54, 1.807) is 0 Å². The predicted molar refractivity (Wildman–Crippen MR) is 85.5 cm³/mol. The fourth-order valence-corrected chi connectivity index (χ4v) is 2.44. The molecule has 1 N–H and O–H groups in total. The first-order valence-corrected chi connectivity index (χ1v) is 8.19. The molecule has 0 aliphatic heterocycles. The van der Waals surface area contributed by atoms with Crippen molar-refractivity contribution in [3.63, 3.8) is 0 Å². The molecule has 27 heavy (non-hydrogen) atoms. The first-order valence-electron chi connectivity index (χ1n) is 7.20. The minimum absolute atomic E-state index is 0.0441. The third-order valence-corrected chi connectivity index (χ3v) is 3.95. The Morgan fingerprint density at radius 1 is 1.11 bits per heavy atom. The van der Waals surface area contributed by atoms with E-state index in [0.29, 0.717) is 6.20 Å². The van der Waals surface area contributed by atoms with Crippen molar-refractivity contribution in [2.45, 2.75) is 17.8 Å². The Hall–Kier alpha value is -2.69. The largest absolute Gasteiger partial charge is 0.435 e. The maximum Gasteiger partial charge on any atom is 0.417 e.